The van der Waals surface area contributed by atoms with Crippen LogP contribution < -0.4 is 56.5 Å². The molecule has 0 aromatic heterocycles. The van der Waals surface area contributed by atoms with Gasteiger partial charge in [-0.25, -0.2) is 17.6 Å². The molecular formula is C25H28F35KO8S2. The molecule has 0 aromatic rings. The quantitative estimate of drug-likeness (QED) is 0.0810. The predicted octanol–water partition coefficient (Wildman–Crippen LogP) is 10.6. The summed E-state index contributed by atoms with van der Waals surface area (Å²) in [7, 11) is -13.3. The summed E-state index contributed by atoms with van der Waals surface area (Å²) in [6.07, 6.45) is -39.4. The van der Waals surface area contributed by atoms with E-state index in [1.807, 2.05) is 0 Å². The number of allylic oxidation sites excluding steroid dienone is 1. The Bertz CT molecular complexity index is 1500. The Kier molecular flexibility index (Phi) is 55.3. The molecule has 0 atom stereocenters. The van der Waals surface area contributed by atoms with Crippen molar-refractivity contribution in [2.45, 2.75) is 99.6 Å². The zero-order valence-electron chi connectivity index (χ0n) is 32.7. The third-order valence-corrected chi connectivity index (χ3v) is 5.54. The van der Waals surface area contributed by atoms with Gasteiger partial charge in [-0.1, -0.05) is 40.9 Å². The molecule has 2 rings (SSSR count). The molecule has 0 unspecified atom stereocenters. The number of halogens is 35. The topological polar surface area (TPSA) is 130 Å². The fraction of sp³-hybridized carbons (Fsp3) is 0.800. The molecule has 0 spiro atoms. The largest absolute Gasteiger partial charge is 1.00 e. The Labute approximate surface area is 416 Å². The van der Waals surface area contributed by atoms with Gasteiger partial charge in [0.1, 0.15) is 26.1 Å². The number of epoxide rings is 1. The summed E-state index contributed by atoms with van der Waals surface area (Å²) in [5, 5.41) is -2.70. The molecule has 71 heavy (non-hydrogen) atoms. The molecule has 1 aliphatic carbocycles. The molecule has 1 saturated heterocycles. The van der Waals surface area contributed by atoms with Crippen molar-refractivity contribution in [2.75, 3.05) is 26.7 Å². The van der Waals surface area contributed by atoms with Crippen molar-refractivity contribution in [3.63, 3.8) is 0 Å². The van der Waals surface area contributed by atoms with E-state index < -0.39 is 125 Å². The van der Waals surface area contributed by atoms with Crippen LogP contribution in [0, 0.1) is 0 Å². The van der Waals surface area contributed by atoms with Gasteiger partial charge < -0.3 is 14.6 Å². The van der Waals surface area contributed by atoms with E-state index in [9.17, 15) is 156 Å². The molecule has 0 N–H and O–H groups in total. The van der Waals surface area contributed by atoms with E-state index >= 15 is 0 Å². The zero-order chi connectivity index (χ0) is 57.4. The van der Waals surface area contributed by atoms with E-state index in [1.54, 1.807) is 0 Å². The van der Waals surface area contributed by atoms with Crippen molar-refractivity contribution in [1.29, 1.82) is 0 Å². The van der Waals surface area contributed by atoms with Crippen LogP contribution in [0.3, 0.4) is 0 Å². The Morgan fingerprint density at radius 1 is 0.634 bits per heavy atom. The standard InChI is InChI=1S/C4H8.2C3H2F6.C3HF5.C3H6F2O.C2F5O3S.C2F4O3S.C2H2F2O.C2H2F2.CH4.F2.FH.K/c1-2-4-3-1;2*4-2(5,6)1-3(7,8)9;4-2(5)1-3(6,7)8;4-1-2-6-3-5;3-1(4,8)2(5,6)11(7,9)10;3-1(7)2(4,5)10(6,8)9;3-2(4)1-5-2;1-2(3)4;;1-2;;/h1-4H2;2*1H2;1H;1-3H2;;;1H2;1H2;1H4;;1H;/q;;;;;-1;;;;;;;+1. The van der Waals surface area contributed by atoms with Gasteiger partial charge in [-0.15, -0.1) is 0 Å². The zero-order valence-corrected chi connectivity index (χ0v) is 37.5. The SMILES string of the molecule is C.C1CCC1.C=C(F)F.F.FC(F)(F)CC(F)(F)F.FC(F)(F)CC(F)(F)F.FC(F)=CC(F)(F)F.FC1(F)CO1.FCCOCF.FF.O=C(F)C(F)(F)S(=O)(=O)F.O=S(=O)(F)C(F)(F)C([O-])(F)F.[K+]. The van der Waals surface area contributed by atoms with Gasteiger partial charge in [0.25, 0.3) is 18.3 Å². The first-order valence-corrected chi connectivity index (χ1v) is 17.3. The van der Waals surface area contributed by atoms with Gasteiger partial charge in [0.15, 0.2) is 6.86 Å². The van der Waals surface area contributed by atoms with Gasteiger partial charge in [-0.3, -0.25) is 9.50 Å². The van der Waals surface area contributed by atoms with Crippen LogP contribution >= 0.6 is 0 Å². The Morgan fingerprint density at radius 2 is 0.873 bits per heavy atom. The summed E-state index contributed by atoms with van der Waals surface area (Å²) in [5.74, 6) is 0. The van der Waals surface area contributed by atoms with E-state index in [1.165, 1.54) is 25.7 Å². The number of hydrogen-bond acceptors (Lipinski definition) is 8. The Balaban J connectivity index is -0.0000000637. The van der Waals surface area contributed by atoms with Crippen LogP contribution in [0.4, 0.5) is 153 Å². The molecular weight excluding hydrogens is 1200 g/mol. The number of hydrogen-bond donors (Lipinski definition) is 0. The molecule has 0 bridgehead atoms. The first-order chi connectivity index (χ1) is 29.4. The second-order valence-electron chi connectivity index (χ2n) is 9.87. The smallest absolute Gasteiger partial charge is 0.793 e. The van der Waals surface area contributed by atoms with Crippen molar-refractivity contribution in [3.05, 3.63) is 24.8 Å². The monoisotopic (exact) mass is 1220 g/mol. The van der Waals surface area contributed by atoms with Gasteiger partial charge in [0.05, 0.1) is 12.7 Å². The number of carbonyl (C=O) groups is 1. The minimum Gasteiger partial charge on any atom is -0.793 e. The van der Waals surface area contributed by atoms with Gasteiger partial charge in [-0.05, 0) is 6.58 Å². The number of rotatable bonds is 7. The maximum absolute atomic E-state index is 11.4. The van der Waals surface area contributed by atoms with E-state index in [2.05, 4.69) is 16.1 Å². The Hall–Kier alpha value is -1.88. The van der Waals surface area contributed by atoms with Gasteiger partial charge in [0.2, 0.25) is 0 Å². The van der Waals surface area contributed by atoms with Crippen LogP contribution in [0.2, 0.25) is 0 Å². The summed E-state index contributed by atoms with van der Waals surface area (Å²) in [4.78, 5) is 9.08. The minimum absolute atomic E-state index is 0. The fourth-order valence-corrected chi connectivity index (χ4v) is 1.71. The van der Waals surface area contributed by atoms with Crippen LogP contribution in [0.25, 0.3) is 0 Å². The number of alkyl halides is 25. The Morgan fingerprint density at radius 3 is 0.887 bits per heavy atom. The van der Waals surface area contributed by atoms with Crippen LogP contribution in [-0.4, -0.2) is 103 Å². The normalized spacial score (nSPS) is 13.7. The van der Waals surface area contributed by atoms with Crippen LogP contribution in [0.15, 0.2) is 24.8 Å². The molecule has 1 heterocycles. The van der Waals surface area contributed by atoms with Gasteiger partial charge in [-0.2, -0.15) is 131 Å². The summed E-state index contributed by atoms with van der Waals surface area (Å²) in [5.41, 5.74) is 0. The molecule has 8 nitrogen and oxygen atoms in total. The van der Waals surface area contributed by atoms with Crippen molar-refractivity contribution < 1.29 is 241 Å². The van der Waals surface area contributed by atoms with Crippen LogP contribution in [0.1, 0.15) is 46.0 Å². The molecule has 1 aliphatic heterocycles. The van der Waals surface area contributed by atoms with E-state index in [-0.39, 0.29) is 76.7 Å². The maximum atomic E-state index is 11.4. The molecule has 0 radical (unpaired) electrons. The van der Waals surface area contributed by atoms with Crippen molar-refractivity contribution >= 4 is 26.5 Å². The molecule has 0 aromatic carbocycles. The predicted molar refractivity (Wildman–Crippen MR) is 161 cm³/mol. The third-order valence-electron chi connectivity index (χ3n) is 3.92. The average Bonchev–Trinajstić information content (AvgIpc) is 3.69. The molecule has 0 amide bonds. The maximum Gasteiger partial charge on any atom is 1.00 e. The van der Waals surface area contributed by atoms with Crippen LogP contribution in [-0.2, 0) is 34.7 Å². The molecule has 434 valence electrons. The average molecular weight is 1220 g/mol. The number of carbonyl (C=O) groups excluding carboxylic acids is 1. The second-order valence-corrected chi connectivity index (χ2v) is 12.7. The van der Waals surface area contributed by atoms with Gasteiger partial charge in [0, 0.05) is 9.15 Å². The third kappa shape index (κ3) is 82.4. The molecule has 1 saturated carbocycles. The van der Waals surface area contributed by atoms with E-state index in [4.69, 9.17) is 19.0 Å². The molecule has 46 heteroatoms. The van der Waals surface area contributed by atoms with E-state index in [0.717, 1.165) is 0 Å². The second kappa shape index (κ2) is 41.4. The molecule has 2 aliphatic rings. The van der Waals surface area contributed by atoms with Crippen molar-refractivity contribution in [3.8, 4) is 0 Å². The van der Waals surface area contributed by atoms with Crippen molar-refractivity contribution in [1.82, 2.24) is 0 Å². The fourth-order valence-electron chi connectivity index (χ4n) is 1.23. The minimum atomic E-state index is -6.86. The summed E-state index contributed by atoms with van der Waals surface area (Å²) < 4.78 is 409. The summed E-state index contributed by atoms with van der Waals surface area (Å²) in [6.45, 7) is 0.220. The first-order valence-electron chi connectivity index (χ1n) is 14.5. The van der Waals surface area contributed by atoms with Gasteiger partial charge >= 0.3 is 125 Å². The van der Waals surface area contributed by atoms with Crippen molar-refractivity contribution in [2.24, 2.45) is 0 Å². The summed E-state index contributed by atoms with van der Waals surface area (Å²) in [6, 6.07) is -3.53. The van der Waals surface area contributed by atoms with E-state index in [0.29, 0.717) is 0 Å². The summed E-state index contributed by atoms with van der Waals surface area (Å²) >= 11 is 0. The number of ether oxygens (including phenoxy) is 2. The van der Waals surface area contributed by atoms with Crippen LogP contribution in [0.5, 0.6) is 0 Å². The molecule has 2 fully saturated rings. The first kappa shape index (κ1) is 94.9.